The highest BCUT2D eigenvalue weighted by Gasteiger charge is 2.12. The summed E-state index contributed by atoms with van der Waals surface area (Å²) in [5.74, 6) is 0. The summed E-state index contributed by atoms with van der Waals surface area (Å²) in [4.78, 5) is 0.844. The van der Waals surface area contributed by atoms with Gasteiger partial charge in [0.05, 0.1) is 6.61 Å². The van der Waals surface area contributed by atoms with Gasteiger partial charge < -0.3 is 4.74 Å². The van der Waals surface area contributed by atoms with Crippen LogP contribution in [0.2, 0.25) is 0 Å². The van der Waals surface area contributed by atoms with Crippen LogP contribution in [-0.4, -0.2) is 15.5 Å². The molecule has 6 heteroatoms. The third kappa shape index (κ3) is 2.45. The Balaban J connectivity index is 2.92. The molecular formula is C6H7ClO3S2. The van der Waals surface area contributed by atoms with E-state index in [1.807, 2.05) is 0 Å². The van der Waals surface area contributed by atoms with Gasteiger partial charge in [-0.1, -0.05) is 0 Å². The Labute approximate surface area is 79.3 Å². The molecule has 0 bridgehead atoms. The SMILES string of the molecule is COCc1ccc(S(=O)(=O)Cl)s1. The van der Waals surface area contributed by atoms with Crippen molar-refractivity contribution >= 4 is 31.1 Å². The second-order valence-corrected chi connectivity index (χ2v) is 6.05. The van der Waals surface area contributed by atoms with Crippen LogP contribution in [0, 0.1) is 0 Å². The molecule has 0 fully saturated rings. The van der Waals surface area contributed by atoms with Crippen molar-refractivity contribution in [2.24, 2.45) is 0 Å². The van der Waals surface area contributed by atoms with E-state index in [1.54, 1.807) is 13.2 Å². The van der Waals surface area contributed by atoms with Gasteiger partial charge in [-0.3, -0.25) is 0 Å². The minimum absolute atomic E-state index is 0.163. The van der Waals surface area contributed by atoms with Crippen molar-refractivity contribution in [3.63, 3.8) is 0 Å². The molecule has 12 heavy (non-hydrogen) atoms. The van der Waals surface area contributed by atoms with Gasteiger partial charge in [0, 0.05) is 22.7 Å². The summed E-state index contributed by atoms with van der Waals surface area (Å²) in [7, 11) is 3.10. The van der Waals surface area contributed by atoms with E-state index < -0.39 is 9.05 Å². The summed E-state index contributed by atoms with van der Waals surface area (Å²) in [5.41, 5.74) is 0. The number of halogens is 1. The molecule has 0 atom stereocenters. The number of rotatable bonds is 3. The Hall–Kier alpha value is -0.100. The Morgan fingerprint density at radius 3 is 2.67 bits per heavy atom. The average molecular weight is 227 g/mol. The maximum atomic E-state index is 10.8. The fourth-order valence-electron chi connectivity index (χ4n) is 0.709. The third-order valence-electron chi connectivity index (χ3n) is 1.16. The summed E-state index contributed by atoms with van der Waals surface area (Å²) < 4.78 is 26.6. The van der Waals surface area contributed by atoms with Gasteiger partial charge in [-0.05, 0) is 12.1 Å². The van der Waals surface area contributed by atoms with Crippen LogP contribution in [0.25, 0.3) is 0 Å². The lowest BCUT2D eigenvalue weighted by Crippen LogP contribution is -1.83. The van der Waals surface area contributed by atoms with Crippen molar-refractivity contribution in [2.75, 3.05) is 7.11 Å². The van der Waals surface area contributed by atoms with Gasteiger partial charge in [-0.2, -0.15) is 0 Å². The van der Waals surface area contributed by atoms with Gasteiger partial charge in [-0.25, -0.2) is 8.42 Å². The molecular weight excluding hydrogens is 220 g/mol. The molecule has 0 aliphatic rings. The van der Waals surface area contributed by atoms with E-state index in [0.717, 1.165) is 16.2 Å². The third-order valence-corrected chi connectivity index (χ3v) is 4.32. The van der Waals surface area contributed by atoms with Gasteiger partial charge in [0.2, 0.25) is 0 Å². The zero-order valence-corrected chi connectivity index (χ0v) is 8.67. The van der Waals surface area contributed by atoms with Crippen LogP contribution in [0.3, 0.4) is 0 Å². The molecule has 1 aromatic heterocycles. The van der Waals surface area contributed by atoms with E-state index in [4.69, 9.17) is 15.4 Å². The summed E-state index contributed by atoms with van der Waals surface area (Å²) in [5, 5.41) is 0. The van der Waals surface area contributed by atoms with Crippen LogP contribution >= 0.6 is 22.0 Å². The molecule has 68 valence electrons. The van der Waals surface area contributed by atoms with Crippen molar-refractivity contribution in [2.45, 2.75) is 10.8 Å². The summed E-state index contributed by atoms with van der Waals surface area (Å²) >= 11 is 1.12. The molecule has 0 N–H and O–H groups in total. The van der Waals surface area contributed by atoms with E-state index in [9.17, 15) is 8.42 Å². The molecule has 0 unspecified atom stereocenters. The van der Waals surface area contributed by atoms with Gasteiger partial charge in [0.25, 0.3) is 9.05 Å². The van der Waals surface area contributed by atoms with E-state index in [2.05, 4.69) is 0 Å². The Morgan fingerprint density at radius 1 is 1.58 bits per heavy atom. The van der Waals surface area contributed by atoms with Crippen LogP contribution in [0.4, 0.5) is 0 Å². The predicted octanol–water partition coefficient (Wildman–Crippen LogP) is 1.82. The van der Waals surface area contributed by atoms with Crippen LogP contribution < -0.4 is 0 Å². The second-order valence-electron chi connectivity index (χ2n) is 2.09. The van der Waals surface area contributed by atoms with Crippen molar-refractivity contribution < 1.29 is 13.2 Å². The fraction of sp³-hybridized carbons (Fsp3) is 0.333. The number of ether oxygens (including phenoxy) is 1. The van der Waals surface area contributed by atoms with Crippen LogP contribution in [0.1, 0.15) is 4.88 Å². The fourth-order valence-corrected chi connectivity index (χ4v) is 2.80. The molecule has 1 aromatic rings. The van der Waals surface area contributed by atoms with Crippen LogP contribution in [-0.2, 0) is 20.4 Å². The normalized spacial score (nSPS) is 11.8. The monoisotopic (exact) mass is 226 g/mol. The average Bonchev–Trinajstić information content (AvgIpc) is 2.35. The highest BCUT2D eigenvalue weighted by atomic mass is 35.7. The zero-order chi connectivity index (χ0) is 9.19. The second kappa shape index (κ2) is 3.74. The maximum absolute atomic E-state index is 10.8. The van der Waals surface area contributed by atoms with Crippen molar-refractivity contribution in [1.82, 2.24) is 0 Å². The first-order valence-electron chi connectivity index (χ1n) is 3.06. The molecule has 0 aromatic carbocycles. The largest absolute Gasteiger partial charge is 0.379 e. The first-order valence-corrected chi connectivity index (χ1v) is 6.19. The first kappa shape index (κ1) is 9.98. The van der Waals surface area contributed by atoms with Crippen LogP contribution in [0.5, 0.6) is 0 Å². The van der Waals surface area contributed by atoms with Crippen molar-refractivity contribution in [1.29, 1.82) is 0 Å². The maximum Gasteiger partial charge on any atom is 0.270 e. The van der Waals surface area contributed by atoms with Gasteiger partial charge in [0.1, 0.15) is 4.21 Å². The number of thiophene rings is 1. The highest BCUT2D eigenvalue weighted by molar-refractivity contribution is 8.15. The standard InChI is InChI=1S/C6H7ClO3S2/c1-10-4-5-2-3-6(11-5)12(7,8)9/h2-3H,4H2,1H3. The Morgan fingerprint density at radius 2 is 2.25 bits per heavy atom. The summed E-state index contributed by atoms with van der Waals surface area (Å²) in [6, 6.07) is 3.16. The minimum atomic E-state index is -3.57. The molecule has 0 radical (unpaired) electrons. The molecule has 0 spiro atoms. The quantitative estimate of drug-likeness (QED) is 0.739. The lowest BCUT2D eigenvalue weighted by molar-refractivity contribution is 0.187. The minimum Gasteiger partial charge on any atom is -0.379 e. The van der Waals surface area contributed by atoms with Gasteiger partial charge >= 0.3 is 0 Å². The molecule has 0 saturated carbocycles. The van der Waals surface area contributed by atoms with E-state index in [0.29, 0.717) is 6.61 Å². The topological polar surface area (TPSA) is 43.4 Å². The lowest BCUT2D eigenvalue weighted by Gasteiger charge is -1.90. The van der Waals surface area contributed by atoms with E-state index in [-0.39, 0.29) is 4.21 Å². The zero-order valence-electron chi connectivity index (χ0n) is 6.28. The van der Waals surface area contributed by atoms with Gasteiger partial charge in [0.15, 0.2) is 0 Å². The molecule has 0 amide bonds. The molecule has 1 rings (SSSR count). The summed E-state index contributed by atoms with van der Waals surface area (Å²) in [6.45, 7) is 0.414. The molecule has 0 aliphatic carbocycles. The summed E-state index contributed by atoms with van der Waals surface area (Å²) in [6.07, 6.45) is 0. The smallest absolute Gasteiger partial charge is 0.270 e. The van der Waals surface area contributed by atoms with Gasteiger partial charge in [-0.15, -0.1) is 11.3 Å². The van der Waals surface area contributed by atoms with E-state index >= 15 is 0 Å². The number of hydrogen-bond donors (Lipinski definition) is 0. The predicted molar refractivity (Wildman–Crippen MR) is 48.1 cm³/mol. The molecule has 0 saturated heterocycles. The van der Waals surface area contributed by atoms with Crippen LogP contribution in [0.15, 0.2) is 16.3 Å². The van der Waals surface area contributed by atoms with Crippen molar-refractivity contribution in [3.8, 4) is 0 Å². The van der Waals surface area contributed by atoms with E-state index in [1.165, 1.54) is 6.07 Å². The number of methoxy groups -OCH3 is 1. The Bertz CT molecular complexity index is 355. The highest BCUT2D eigenvalue weighted by Crippen LogP contribution is 2.24. The molecule has 0 aliphatic heterocycles. The van der Waals surface area contributed by atoms with Crippen molar-refractivity contribution in [3.05, 3.63) is 17.0 Å². The Kier molecular flexibility index (Phi) is 3.11. The molecule has 3 nitrogen and oxygen atoms in total. The first-order chi connectivity index (χ1) is 5.54. The lowest BCUT2D eigenvalue weighted by atomic mass is 10.5. The molecule has 1 heterocycles. The number of hydrogen-bond acceptors (Lipinski definition) is 4.